The Morgan fingerprint density at radius 2 is 1.88 bits per heavy atom. The first kappa shape index (κ1) is 22.2. The molecule has 0 radical (unpaired) electrons. The number of ether oxygens (including phenoxy) is 1. The Morgan fingerprint density at radius 3 is 2.38 bits per heavy atom. The number of nitrogens with two attached hydrogens (primary N) is 1. The van der Waals surface area contributed by atoms with Crippen LogP contribution in [-0.2, 0) is 9.59 Å². The lowest BCUT2D eigenvalue weighted by atomic mass is 9.81. The van der Waals surface area contributed by atoms with Gasteiger partial charge in [0.2, 0.25) is 5.91 Å². The van der Waals surface area contributed by atoms with Crippen molar-refractivity contribution in [2.75, 3.05) is 32.6 Å². The molecule has 1 rings (SSSR count). The summed E-state index contributed by atoms with van der Waals surface area (Å²) in [5.41, 5.74) is 5.87. The highest BCUT2D eigenvalue weighted by molar-refractivity contribution is 5.95. The van der Waals surface area contributed by atoms with Crippen molar-refractivity contribution >= 4 is 29.9 Å². The van der Waals surface area contributed by atoms with Crippen LogP contribution in [0.25, 0.3) is 0 Å². The average Bonchev–Trinajstić information content (AvgIpc) is 2.55. The molecule has 0 aliphatic rings. The topological polar surface area (TPSA) is 84.7 Å². The third-order valence-corrected chi connectivity index (χ3v) is 4.18. The van der Waals surface area contributed by atoms with Gasteiger partial charge in [-0.2, -0.15) is 0 Å². The summed E-state index contributed by atoms with van der Waals surface area (Å²) < 4.78 is 5.45. The second-order valence-corrected chi connectivity index (χ2v) is 5.75. The first-order valence-corrected chi connectivity index (χ1v) is 7.83. The van der Waals surface area contributed by atoms with Crippen molar-refractivity contribution in [2.24, 2.45) is 11.1 Å². The van der Waals surface area contributed by atoms with Crippen molar-refractivity contribution in [1.29, 1.82) is 0 Å². The Kier molecular flexibility index (Phi) is 9.40. The predicted molar refractivity (Wildman–Crippen MR) is 98.6 cm³/mol. The second kappa shape index (κ2) is 10.2. The molecule has 2 amide bonds. The normalized spacial score (nSPS) is 10.5. The molecule has 136 valence electrons. The zero-order valence-electron chi connectivity index (χ0n) is 14.8. The number of likely N-dealkylation sites (N-methyl/N-ethyl adjacent to an activating group) is 1. The van der Waals surface area contributed by atoms with Crippen LogP contribution < -0.4 is 15.8 Å². The molecule has 0 saturated heterocycles. The fourth-order valence-electron chi connectivity index (χ4n) is 2.15. The lowest BCUT2D eigenvalue weighted by Gasteiger charge is -2.28. The monoisotopic (exact) mass is 357 g/mol. The molecule has 0 atom stereocenters. The Hall–Kier alpha value is -1.79. The van der Waals surface area contributed by atoms with Crippen LogP contribution in [0.5, 0.6) is 5.75 Å². The van der Waals surface area contributed by atoms with E-state index in [1.54, 1.807) is 38.4 Å². The molecule has 1 aromatic rings. The Bertz CT molecular complexity index is 537. The van der Waals surface area contributed by atoms with Gasteiger partial charge >= 0.3 is 0 Å². The molecular weight excluding hydrogens is 330 g/mol. The highest BCUT2D eigenvalue weighted by Gasteiger charge is 2.33. The summed E-state index contributed by atoms with van der Waals surface area (Å²) in [5.74, 6) is 0.314. The van der Waals surface area contributed by atoms with E-state index in [0.29, 0.717) is 30.8 Å². The number of halogens is 1. The Balaban J connectivity index is 0.00000529. The van der Waals surface area contributed by atoms with E-state index in [1.165, 1.54) is 4.90 Å². The molecule has 0 fully saturated rings. The van der Waals surface area contributed by atoms with Crippen LogP contribution in [0.15, 0.2) is 24.3 Å². The number of amides is 2. The average molecular weight is 358 g/mol. The molecular formula is C17H28ClN3O3. The van der Waals surface area contributed by atoms with Crippen molar-refractivity contribution < 1.29 is 14.3 Å². The van der Waals surface area contributed by atoms with Gasteiger partial charge in [-0.3, -0.25) is 9.59 Å². The minimum atomic E-state index is -0.558. The molecule has 24 heavy (non-hydrogen) atoms. The summed E-state index contributed by atoms with van der Waals surface area (Å²) >= 11 is 0. The molecule has 6 nitrogen and oxygen atoms in total. The number of carbonyl (C=O) groups is 2. The second-order valence-electron chi connectivity index (χ2n) is 5.75. The van der Waals surface area contributed by atoms with Gasteiger partial charge in [-0.05, 0) is 25.0 Å². The molecule has 0 aliphatic heterocycles. The first-order chi connectivity index (χ1) is 10.9. The summed E-state index contributed by atoms with van der Waals surface area (Å²) in [6, 6.07) is 7.00. The van der Waals surface area contributed by atoms with Gasteiger partial charge in [0.1, 0.15) is 5.75 Å². The van der Waals surface area contributed by atoms with Crippen molar-refractivity contribution in [3.05, 3.63) is 24.3 Å². The third-order valence-electron chi connectivity index (χ3n) is 4.18. The lowest BCUT2D eigenvalue weighted by Crippen LogP contribution is -2.41. The predicted octanol–water partition coefficient (Wildman–Crippen LogP) is 2.28. The van der Waals surface area contributed by atoms with Crippen LogP contribution >= 0.6 is 12.4 Å². The van der Waals surface area contributed by atoms with Gasteiger partial charge in [-0.1, -0.05) is 19.9 Å². The zero-order valence-corrected chi connectivity index (χ0v) is 15.6. The maximum atomic E-state index is 12.5. The lowest BCUT2D eigenvalue weighted by molar-refractivity contribution is -0.130. The number of rotatable bonds is 8. The molecule has 0 aromatic heterocycles. The fraction of sp³-hybridized carbons (Fsp3) is 0.529. The molecule has 0 aliphatic carbocycles. The van der Waals surface area contributed by atoms with Gasteiger partial charge in [0.05, 0.1) is 5.41 Å². The van der Waals surface area contributed by atoms with Gasteiger partial charge in [-0.15, -0.1) is 12.4 Å². The molecule has 0 bridgehead atoms. The van der Waals surface area contributed by atoms with E-state index in [4.69, 9.17) is 10.5 Å². The van der Waals surface area contributed by atoms with Gasteiger partial charge in [0, 0.05) is 32.4 Å². The van der Waals surface area contributed by atoms with Crippen LogP contribution in [0.4, 0.5) is 5.69 Å². The number of hydrogen-bond donors (Lipinski definition) is 2. The summed E-state index contributed by atoms with van der Waals surface area (Å²) in [5, 5.41) is 2.89. The number of nitrogens with one attached hydrogen (secondary N) is 1. The molecule has 0 unspecified atom stereocenters. The fourth-order valence-corrected chi connectivity index (χ4v) is 2.15. The molecule has 0 heterocycles. The maximum absolute atomic E-state index is 12.5. The Labute approximate surface area is 150 Å². The number of benzene rings is 1. The van der Waals surface area contributed by atoms with E-state index < -0.39 is 5.41 Å². The van der Waals surface area contributed by atoms with E-state index in [0.717, 1.165) is 0 Å². The van der Waals surface area contributed by atoms with E-state index in [1.807, 2.05) is 13.8 Å². The number of anilines is 1. The smallest absolute Gasteiger partial charge is 0.259 e. The summed E-state index contributed by atoms with van der Waals surface area (Å²) in [4.78, 5) is 25.5. The highest BCUT2D eigenvalue weighted by atomic mass is 35.5. The van der Waals surface area contributed by atoms with E-state index in [2.05, 4.69) is 5.32 Å². The molecule has 7 heteroatoms. The van der Waals surface area contributed by atoms with Crippen LogP contribution in [-0.4, -0.2) is 44.0 Å². The van der Waals surface area contributed by atoms with Crippen molar-refractivity contribution in [3.63, 3.8) is 0 Å². The van der Waals surface area contributed by atoms with Crippen LogP contribution in [0, 0.1) is 5.41 Å². The maximum Gasteiger partial charge on any atom is 0.259 e. The Morgan fingerprint density at radius 1 is 1.25 bits per heavy atom. The minimum absolute atomic E-state index is 0. The van der Waals surface area contributed by atoms with Gasteiger partial charge in [0.15, 0.2) is 6.61 Å². The largest absolute Gasteiger partial charge is 0.484 e. The summed E-state index contributed by atoms with van der Waals surface area (Å²) in [7, 11) is 3.34. The molecule has 0 saturated carbocycles. The minimum Gasteiger partial charge on any atom is -0.484 e. The first-order valence-electron chi connectivity index (χ1n) is 7.83. The molecule has 3 N–H and O–H groups in total. The van der Waals surface area contributed by atoms with Gasteiger partial charge in [-0.25, -0.2) is 0 Å². The SMILES string of the molecule is CCC(CC)(CN)C(=O)Nc1cccc(OCC(=O)N(C)C)c1.Cl. The number of nitrogens with zero attached hydrogens (tertiary/aromatic N) is 1. The molecule has 0 spiro atoms. The van der Waals surface area contributed by atoms with Crippen molar-refractivity contribution in [2.45, 2.75) is 26.7 Å². The summed E-state index contributed by atoms with van der Waals surface area (Å²) in [6.07, 6.45) is 1.36. The quantitative estimate of drug-likeness (QED) is 0.747. The van der Waals surface area contributed by atoms with Crippen LogP contribution in [0.1, 0.15) is 26.7 Å². The zero-order chi connectivity index (χ0) is 17.5. The van der Waals surface area contributed by atoms with E-state index in [9.17, 15) is 9.59 Å². The van der Waals surface area contributed by atoms with Crippen molar-refractivity contribution in [3.8, 4) is 5.75 Å². The van der Waals surface area contributed by atoms with Gasteiger partial charge in [0.25, 0.3) is 5.91 Å². The van der Waals surface area contributed by atoms with E-state index in [-0.39, 0.29) is 30.8 Å². The highest BCUT2D eigenvalue weighted by Crippen LogP contribution is 2.27. The van der Waals surface area contributed by atoms with Crippen LogP contribution in [0.2, 0.25) is 0 Å². The number of hydrogen-bond acceptors (Lipinski definition) is 4. The van der Waals surface area contributed by atoms with Crippen LogP contribution in [0.3, 0.4) is 0 Å². The summed E-state index contributed by atoms with van der Waals surface area (Å²) in [6.45, 7) is 4.19. The van der Waals surface area contributed by atoms with E-state index >= 15 is 0 Å². The number of carbonyl (C=O) groups excluding carboxylic acids is 2. The molecule has 1 aromatic carbocycles. The van der Waals surface area contributed by atoms with Crippen molar-refractivity contribution in [1.82, 2.24) is 4.90 Å². The van der Waals surface area contributed by atoms with Gasteiger partial charge < -0.3 is 20.7 Å². The third kappa shape index (κ3) is 5.69. The standard InChI is InChI=1S/C17H27N3O3.ClH/c1-5-17(6-2,12-18)16(22)19-13-8-7-9-14(10-13)23-11-15(21)20(3)4;/h7-10H,5-6,11-12,18H2,1-4H3,(H,19,22);1H.